The number of alkyl halides is 1. The van der Waals surface area contributed by atoms with Crippen LogP contribution in [0.15, 0.2) is 18.2 Å². The molecule has 2 saturated heterocycles. The van der Waals surface area contributed by atoms with Crippen molar-refractivity contribution in [1.82, 2.24) is 4.90 Å². The van der Waals surface area contributed by atoms with Crippen LogP contribution in [-0.4, -0.2) is 35.0 Å². The first kappa shape index (κ1) is 12.9. The van der Waals surface area contributed by atoms with Gasteiger partial charge in [0.2, 0.25) is 0 Å². The molecule has 1 aromatic carbocycles. The van der Waals surface area contributed by atoms with E-state index in [4.69, 9.17) is 16.3 Å². The van der Waals surface area contributed by atoms with Crippen molar-refractivity contribution in [1.29, 1.82) is 0 Å². The summed E-state index contributed by atoms with van der Waals surface area (Å²) >= 11 is 6.32. The van der Waals surface area contributed by atoms with Crippen LogP contribution in [0.1, 0.15) is 31.2 Å². The Hall–Kier alpha value is -0.800. The third kappa shape index (κ3) is 2.21. The predicted molar refractivity (Wildman–Crippen MR) is 76.9 cm³/mol. The van der Waals surface area contributed by atoms with E-state index in [9.17, 15) is 4.39 Å². The summed E-state index contributed by atoms with van der Waals surface area (Å²) in [6, 6.07) is 6.09. The number of benzene rings is 1. The third-order valence-corrected chi connectivity index (χ3v) is 5.36. The van der Waals surface area contributed by atoms with Crippen molar-refractivity contribution in [2.75, 3.05) is 6.54 Å². The fourth-order valence-electron chi connectivity index (χ4n) is 4.13. The van der Waals surface area contributed by atoms with E-state index in [2.05, 4.69) is 4.90 Å². The van der Waals surface area contributed by atoms with Crippen LogP contribution in [0.25, 0.3) is 0 Å². The third-order valence-electron chi connectivity index (χ3n) is 5.01. The Morgan fingerprint density at radius 1 is 1.25 bits per heavy atom. The highest BCUT2D eigenvalue weighted by Crippen LogP contribution is 2.39. The highest BCUT2D eigenvalue weighted by molar-refractivity contribution is 6.20. The Kier molecular flexibility index (Phi) is 3.15. The van der Waals surface area contributed by atoms with Gasteiger partial charge in [-0.1, -0.05) is 0 Å². The number of piperidine rings is 1. The Morgan fingerprint density at radius 3 is 2.75 bits per heavy atom. The van der Waals surface area contributed by atoms with Crippen molar-refractivity contribution in [2.45, 2.75) is 55.7 Å². The Balaban J connectivity index is 1.44. The predicted octanol–water partition coefficient (Wildman–Crippen LogP) is 3.36. The molecule has 0 spiro atoms. The molecule has 3 aliphatic rings. The lowest BCUT2D eigenvalue weighted by Crippen LogP contribution is -2.47. The lowest BCUT2D eigenvalue weighted by atomic mass is 10.0. The second kappa shape index (κ2) is 4.88. The summed E-state index contributed by atoms with van der Waals surface area (Å²) in [5, 5.41) is 0.347. The molecule has 0 N–H and O–H groups in total. The zero-order chi connectivity index (χ0) is 13.7. The summed E-state index contributed by atoms with van der Waals surface area (Å²) in [6.07, 6.45) is 5.73. The van der Waals surface area contributed by atoms with E-state index < -0.39 is 0 Å². The fraction of sp³-hybridized carbons (Fsp3) is 0.625. The molecule has 2 nitrogen and oxygen atoms in total. The number of hydrogen-bond donors (Lipinski definition) is 0. The molecule has 1 aromatic rings. The van der Waals surface area contributed by atoms with Gasteiger partial charge in [-0.25, -0.2) is 4.39 Å². The molecule has 0 amide bonds. The molecule has 3 heterocycles. The van der Waals surface area contributed by atoms with Crippen molar-refractivity contribution in [3.05, 3.63) is 29.6 Å². The van der Waals surface area contributed by atoms with E-state index in [0.717, 1.165) is 37.1 Å². The van der Waals surface area contributed by atoms with E-state index in [1.807, 2.05) is 0 Å². The first-order valence-electron chi connectivity index (χ1n) is 7.54. The summed E-state index contributed by atoms with van der Waals surface area (Å²) in [4.78, 5) is 2.59. The normalized spacial score (nSPS) is 35.9. The van der Waals surface area contributed by atoms with E-state index in [0.29, 0.717) is 17.5 Å². The molecule has 0 radical (unpaired) electrons. The lowest BCUT2D eigenvalue weighted by molar-refractivity contribution is 0.0857. The van der Waals surface area contributed by atoms with Gasteiger partial charge < -0.3 is 4.74 Å². The smallest absolute Gasteiger partial charge is 0.123 e. The number of rotatable bonds is 2. The minimum absolute atomic E-state index is 0.168. The maximum Gasteiger partial charge on any atom is 0.123 e. The zero-order valence-electron chi connectivity index (χ0n) is 11.4. The van der Waals surface area contributed by atoms with Gasteiger partial charge in [0.1, 0.15) is 17.7 Å². The number of hydrogen-bond acceptors (Lipinski definition) is 2. The SMILES string of the molecule is Fc1ccc2c(c1)CC(CN1C3CCC1CC(Cl)C3)O2. The highest BCUT2D eigenvalue weighted by atomic mass is 35.5. The van der Waals surface area contributed by atoms with Crippen LogP contribution in [0.5, 0.6) is 5.75 Å². The molecule has 4 heteroatoms. The van der Waals surface area contributed by atoms with Crippen LogP contribution in [0.2, 0.25) is 0 Å². The van der Waals surface area contributed by atoms with Crippen LogP contribution in [0, 0.1) is 5.82 Å². The van der Waals surface area contributed by atoms with Gasteiger partial charge in [0.25, 0.3) is 0 Å². The van der Waals surface area contributed by atoms with Crippen molar-refractivity contribution < 1.29 is 9.13 Å². The Morgan fingerprint density at radius 2 is 2.00 bits per heavy atom. The average molecular weight is 296 g/mol. The molecule has 20 heavy (non-hydrogen) atoms. The van der Waals surface area contributed by atoms with Gasteiger partial charge in [0, 0.05) is 36.0 Å². The summed E-state index contributed by atoms with van der Waals surface area (Å²) in [7, 11) is 0. The molecule has 0 aromatic heterocycles. The van der Waals surface area contributed by atoms with Crippen molar-refractivity contribution in [3.8, 4) is 5.75 Å². The minimum Gasteiger partial charge on any atom is -0.488 e. The van der Waals surface area contributed by atoms with Gasteiger partial charge in [-0.2, -0.15) is 0 Å². The van der Waals surface area contributed by atoms with Gasteiger partial charge in [0.05, 0.1) is 0 Å². The molecule has 0 aliphatic carbocycles. The monoisotopic (exact) mass is 295 g/mol. The molecule has 108 valence electrons. The molecule has 3 atom stereocenters. The lowest BCUT2D eigenvalue weighted by Gasteiger charge is -2.38. The molecular formula is C16H19ClFNO. The number of halogens is 2. The summed E-state index contributed by atoms with van der Waals surface area (Å²) < 4.78 is 19.2. The van der Waals surface area contributed by atoms with E-state index in [1.54, 1.807) is 12.1 Å². The number of nitrogens with zero attached hydrogens (tertiary/aromatic N) is 1. The van der Waals surface area contributed by atoms with Crippen molar-refractivity contribution in [2.24, 2.45) is 0 Å². The summed E-state index contributed by atoms with van der Waals surface area (Å²) in [5.41, 5.74) is 1.01. The molecule has 2 fully saturated rings. The molecule has 0 saturated carbocycles. The van der Waals surface area contributed by atoms with Crippen LogP contribution in [0.3, 0.4) is 0 Å². The fourth-order valence-corrected chi connectivity index (χ4v) is 4.54. The molecular weight excluding hydrogens is 277 g/mol. The van der Waals surface area contributed by atoms with Crippen LogP contribution in [0.4, 0.5) is 4.39 Å². The highest BCUT2D eigenvalue weighted by Gasteiger charge is 2.41. The first-order chi connectivity index (χ1) is 9.69. The summed E-state index contributed by atoms with van der Waals surface area (Å²) in [5.74, 6) is 0.687. The average Bonchev–Trinajstić information content (AvgIpc) is 2.89. The summed E-state index contributed by atoms with van der Waals surface area (Å²) in [6.45, 7) is 0.954. The number of ether oxygens (including phenoxy) is 1. The molecule has 3 aliphatic heterocycles. The molecule has 3 unspecified atom stereocenters. The van der Waals surface area contributed by atoms with Gasteiger partial charge in [-0.3, -0.25) is 4.90 Å². The quantitative estimate of drug-likeness (QED) is 0.776. The van der Waals surface area contributed by atoms with Crippen LogP contribution in [-0.2, 0) is 6.42 Å². The maximum absolute atomic E-state index is 13.2. The Bertz CT molecular complexity index is 509. The van der Waals surface area contributed by atoms with Gasteiger partial charge >= 0.3 is 0 Å². The number of fused-ring (bicyclic) bond motifs is 3. The minimum atomic E-state index is -0.170. The van der Waals surface area contributed by atoms with Crippen molar-refractivity contribution in [3.63, 3.8) is 0 Å². The second-order valence-electron chi connectivity index (χ2n) is 6.35. The van der Waals surface area contributed by atoms with E-state index >= 15 is 0 Å². The van der Waals surface area contributed by atoms with Gasteiger partial charge in [-0.15, -0.1) is 11.6 Å². The maximum atomic E-state index is 13.2. The standard InChI is InChI=1S/C16H19ClFNO/c17-11-7-13-2-3-14(8-11)19(13)9-15-6-10-5-12(18)1-4-16(10)20-15/h1,4-5,11,13-15H,2-3,6-9H2. The van der Waals surface area contributed by atoms with Gasteiger partial charge in [0.15, 0.2) is 0 Å². The molecule has 2 bridgehead atoms. The second-order valence-corrected chi connectivity index (χ2v) is 6.96. The zero-order valence-corrected chi connectivity index (χ0v) is 12.2. The van der Waals surface area contributed by atoms with E-state index in [-0.39, 0.29) is 11.9 Å². The molecule has 4 rings (SSSR count). The van der Waals surface area contributed by atoms with Crippen LogP contribution < -0.4 is 4.74 Å². The first-order valence-corrected chi connectivity index (χ1v) is 7.97. The van der Waals surface area contributed by atoms with Gasteiger partial charge in [-0.05, 0) is 43.9 Å². The van der Waals surface area contributed by atoms with Crippen LogP contribution >= 0.6 is 11.6 Å². The largest absolute Gasteiger partial charge is 0.488 e. The van der Waals surface area contributed by atoms with E-state index in [1.165, 1.54) is 18.9 Å². The Labute approximate surface area is 123 Å². The van der Waals surface area contributed by atoms with Crippen molar-refractivity contribution >= 4 is 11.6 Å². The topological polar surface area (TPSA) is 12.5 Å².